The summed E-state index contributed by atoms with van der Waals surface area (Å²) in [4.78, 5) is 11.9. The Morgan fingerprint density at radius 3 is 2.48 bits per heavy atom. The third kappa shape index (κ3) is 5.66. The summed E-state index contributed by atoms with van der Waals surface area (Å²) in [5.41, 5.74) is -0.741. The van der Waals surface area contributed by atoms with Gasteiger partial charge in [-0.2, -0.15) is 13.2 Å². The number of anilines is 1. The van der Waals surface area contributed by atoms with E-state index in [1.807, 2.05) is 6.07 Å². The van der Waals surface area contributed by atoms with Crippen LogP contribution in [0.1, 0.15) is 17.2 Å². The second kappa shape index (κ2) is 8.60. The highest BCUT2D eigenvalue weighted by atomic mass is 35.5. The van der Waals surface area contributed by atoms with E-state index in [1.54, 1.807) is 24.3 Å². The third-order valence-corrected chi connectivity index (χ3v) is 4.61. The summed E-state index contributed by atoms with van der Waals surface area (Å²) in [7, 11) is 0. The number of thioether (sulfide) groups is 1. The van der Waals surface area contributed by atoms with Gasteiger partial charge in [-0.1, -0.05) is 48.0 Å². The Kier molecular flexibility index (Phi) is 6.75. The average molecular weight is 390 g/mol. The fourth-order valence-electron chi connectivity index (χ4n) is 2.10. The molecule has 0 saturated carbocycles. The van der Waals surface area contributed by atoms with Gasteiger partial charge < -0.3 is 10.4 Å². The monoisotopic (exact) mass is 389 g/mol. The predicted octanol–water partition coefficient (Wildman–Crippen LogP) is 4.76. The molecule has 1 unspecified atom stereocenters. The van der Waals surface area contributed by atoms with Crippen molar-refractivity contribution >= 4 is 35.0 Å². The molecule has 134 valence electrons. The number of nitrogens with one attached hydrogen (secondary N) is 1. The molecule has 1 atom stereocenters. The molecular formula is C17H15ClF3NO2S. The normalized spacial score (nSPS) is 12.7. The van der Waals surface area contributed by atoms with E-state index in [0.29, 0.717) is 5.56 Å². The molecule has 0 aliphatic heterocycles. The lowest BCUT2D eigenvalue weighted by molar-refractivity contribution is -0.137. The first-order chi connectivity index (χ1) is 11.8. The van der Waals surface area contributed by atoms with Crippen molar-refractivity contribution in [3.63, 3.8) is 0 Å². The maximum Gasteiger partial charge on any atom is 0.418 e. The van der Waals surface area contributed by atoms with E-state index in [0.717, 1.165) is 17.8 Å². The average Bonchev–Trinajstić information content (AvgIpc) is 2.56. The highest BCUT2D eigenvalue weighted by Gasteiger charge is 2.34. The van der Waals surface area contributed by atoms with Crippen molar-refractivity contribution in [3.8, 4) is 0 Å². The Hall–Kier alpha value is -1.70. The van der Waals surface area contributed by atoms with Crippen molar-refractivity contribution in [2.24, 2.45) is 0 Å². The van der Waals surface area contributed by atoms with Crippen LogP contribution in [0, 0.1) is 0 Å². The topological polar surface area (TPSA) is 49.3 Å². The smallest absolute Gasteiger partial charge is 0.388 e. The zero-order chi connectivity index (χ0) is 18.4. The molecule has 3 nitrogen and oxygen atoms in total. The van der Waals surface area contributed by atoms with E-state index >= 15 is 0 Å². The first-order valence-electron chi connectivity index (χ1n) is 7.25. The minimum atomic E-state index is -4.62. The Morgan fingerprint density at radius 2 is 1.84 bits per heavy atom. The van der Waals surface area contributed by atoms with Crippen LogP contribution in [0.15, 0.2) is 48.5 Å². The van der Waals surface area contributed by atoms with Crippen LogP contribution in [0.4, 0.5) is 18.9 Å². The Bertz CT molecular complexity index is 726. The summed E-state index contributed by atoms with van der Waals surface area (Å²) in [5.74, 6) is -0.484. The first-order valence-corrected chi connectivity index (χ1v) is 8.78. The second-order valence-corrected chi connectivity index (χ2v) is 6.59. The van der Waals surface area contributed by atoms with Gasteiger partial charge in [0.15, 0.2) is 0 Å². The lowest BCUT2D eigenvalue weighted by Crippen LogP contribution is -2.19. The Morgan fingerprint density at radius 1 is 1.16 bits per heavy atom. The van der Waals surface area contributed by atoms with Gasteiger partial charge in [0, 0.05) is 5.75 Å². The molecule has 0 bridgehead atoms. The largest absolute Gasteiger partial charge is 0.418 e. The molecule has 0 aliphatic rings. The summed E-state index contributed by atoms with van der Waals surface area (Å²) < 4.78 is 38.9. The van der Waals surface area contributed by atoms with E-state index in [9.17, 15) is 23.1 Å². The van der Waals surface area contributed by atoms with Crippen molar-refractivity contribution in [1.82, 2.24) is 0 Å². The molecule has 0 heterocycles. The van der Waals surface area contributed by atoms with Crippen LogP contribution in [0.25, 0.3) is 0 Å². The summed E-state index contributed by atoms with van der Waals surface area (Å²) in [6.45, 7) is 0. The molecule has 1 amide bonds. The summed E-state index contributed by atoms with van der Waals surface area (Å²) in [5, 5.41) is 12.0. The molecular weight excluding hydrogens is 375 g/mol. The van der Waals surface area contributed by atoms with Crippen LogP contribution < -0.4 is 5.32 Å². The molecule has 2 N–H and O–H groups in total. The summed E-state index contributed by atoms with van der Waals surface area (Å²) in [6.07, 6.45) is -5.38. The number of rotatable bonds is 6. The predicted molar refractivity (Wildman–Crippen MR) is 93.8 cm³/mol. The lowest BCUT2D eigenvalue weighted by Gasteiger charge is -2.15. The number of aliphatic hydroxyl groups excluding tert-OH is 1. The van der Waals surface area contributed by atoms with Gasteiger partial charge in [-0.15, -0.1) is 11.8 Å². The van der Waals surface area contributed by atoms with E-state index < -0.39 is 29.4 Å². The molecule has 2 rings (SSSR count). The number of hydrogen-bond donors (Lipinski definition) is 2. The summed E-state index contributed by atoms with van der Waals surface area (Å²) >= 11 is 6.90. The Balaban J connectivity index is 1.93. The fraction of sp³-hybridized carbons (Fsp3) is 0.235. The van der Waals surface area contributed by atoms with Gasteiger partial charge in [-0.3, -0.25) is 4.79 Å². The first kappa shape index (κ1) is 19.6. The van der Waals surface area contributed by atoms with Crippen molar-refractivity contribution < 1.29 is 23.1 Å². The molecule has 0 aliphatic carbocycles. The van der Waals surface area contributed by atoms with Crippen molar-refractivity contribution in [2.75, 3.05) is 16.8 Å². The number of aliphatic hydroxyl groups is 1. The lowest BCUT2D eigenvalue weighted by atomic mass is 10.1. The van der Waals surface area contributed by atoms with Gasteiger partial charge in [0.2, 0.25) is 5.91 Å². The van der Waals surface area contributed by atoms with Crippen LogP contribution in [-0.4, -0.2) is 22.5 Å². The van der Waals surface area contributed by atoms with E-state index in [-0.39, 0.29) is 16.5 Å². The zero-order valence-electron chi connectivity index (χ0n) is 12.9. The number of carbonyl (C=O) groups is 1. The van der Waals surface area contributed by atoms with Gasteiger partial charge in [0.25, 0.3) is 0 Å². The van der Waals surface area contributed by atoms with Crippen molar-refractivity contribution in [2.45, 2.75) is 12.3 Å². The van der Waals surface area contributed by atoms with Crippen LogP contribution >= 0.6 is 23.4 Å². The van der Waals surface area contributed by atoms with Crippen molar-refractivity contribution in [1.29, 1.82) is 0 Å². The highest BCUT2D eigenvalue weighted by Crippen LogP contribution is 2.38. The second-order valence-electron chi connectivity index (χ2n) is 5.15. The molecule has 25 heavy (non-hydrogen) atoms. The number of benzene rings is 2. The molecule has 2 aromatic carbocycles. The van der Waals surface area contributed by atoms with Crippen LogP contribution in [0.2, 0.25) is 5.02 Å². The van der Waals surface area contributed by atoms with E-state index in [4.69, 9.17) is 11.6 Å². The number of hydrogen-bond acceptors (Lipinski definition) is 3. The quantitative estimate of drug-likeness (QED) is 0.748. The maximum atomic E-state index is 13.0. The molecule has 8 heteroatoms. The minimum Gasteiger partial charge on any atom is -0.388 e. The maximum absolute atomic E-state index is 13.0. The SMILES string of the molecule is O=C(CSCC(O)c1ccccc1)Nc1c(Cl)cccc1C(F)(F)F. The van der Waals surface area contributed by atoms with Crippen LogP contribution in [0.3, 0.4) is 0 Å². The van der Waals surface area contributed by atoms with Gasteiger partial charge in [0.1, 0.15) is 0 Å². The minimum absolute atomic E-state index is 0.105. The standard InChI is InChI=1S/C17H15ClF3NO2S/c18-13-8-4-7-12(17(19,20)21)16(13)22-15(24)10-25-9-14(23)11-5-2-1-3-6-11/h1-8,14,23H,9-10H2,(H,22,24). The zero-order valence-corrected chi connectivity index (χ0v) is 14.5. The molecule has 0 fully saturated rings. The molecule has 0 aromatic heterocycles. The molecule has 0 spiro atoms. The van der Waals surface area contributed by atoms with E-state index in [1.165, 1.54) is 12.1 Å². The number of para-hydroxylation sites is 1. The highest BCUT2D eigenvalue weighted by molar-refractivity contribution is 8.00. The van der Waals surface area contributed by atoms with Gasteiger partial charge >= 0.3 is 6.18 Å². The number of alkyl halides is 3. The number of halogens is 4. The van der Waals surface area contributed by atoms with E-state index in [2.05, 4.69) is 5.32 Å². The summed E-state index contributed by atoms with van der Waals surface area (Å²) in [6, 6.07) is 12.2. The van der Waals surface area contributed by atoms with Crippen LogP contribution in [-0.2, 0) is 11.0 Å². The molecule has 2 aromatic rings. The Labute approximate surface area is 152 Å². The van der Waals surface area contributed by atoms with Crippen molar-refractivity contribution in [3.05, 3.63) is 64.7 Å². The third-order valence-electron chi connectivity index (χ3n) is 3.28. The molecule has 0 radical (unpaired) electrons. The fourth-order valence-corrected chi connectivity index (χ4v) is 3.11. The van der Waals surface area contributed by atoms with Crippen LogP contribution in [0.5, 0.6) is 0 Å². The number of carbonyl (C=O) groups excluding carboxylic acids is 1. The number of amides is 1. The van der Waals surface area contributed by atoms with Gasteiger partial charge in [0.05, 0.1) is 28.1 Å². The molecule has 0 saturated heterocycles. The van der Waals surface area contributed by atoms with Gasteiger partial charge in [-0.05, 0) is 17.7 Å². The van der Waals surface area contributed by atoms with Gasteiger partial charge in [-0.25, -0.2) is 0 Å².